The van der Waals surface area contributed by atoms with Crippen molar-refractivity contribution in [2.75, 3.05) is 20.1 Å². The predicted molar refractivity (Wildman–Crippen MR) is 215 cm³/mol. The van der Waals surface area contributed by atoms with Gasteiger partial charge in [0.25, 0.3) is 5.91 Å². The molecule has 0 saturated carbocycles. The van der Waals surface area contributed by atoms with E-state index in [9.17, 15) is 29.7 Å². The molecule has 0 bridgehead atoms. The first-order valence-electron chi connectivity index (χ1n) is 19.3. The maximum Gasteiger partial charge on any atom is 0.408 e. The molecule has 12 heteroatoms. The highest BCUT2D eigenvalue weighted by atomic mass is 16.7. The van der Waals surface area contributed by atoms with Gasteiger partial charge in [0.1, 0.15) is 18.4 Å². The topological polar surface area (TPSA) is 158 Å². The van der Waals surface area contributed by atoms with E-state index in [-0.39, 0.29) is 50.0 Å². The molecule has 3 amide bonds. The van der Waals surface area contributed by atoms with Gasteiger partial charge in [0.05, 0.1) is 37.9 Å². The highest BCUT2D eigenvalue weighted by molar-refractivity contribution is 6.06. The third-order valence-electron chi connectivity index (χ3n) is 10.4. The zero-order valence-electron chi connectivity index (χ0n) is 32.1. The average molecular weight is 786 g/mol. The van der Waals surface area contributed by atoms with Crippen LogP contribution in [0.2, 0.25) is 0 Å². The van der Waals surface area contributed by atoms with E-state index in [4.69, 9.17) is 14.2 Å². The summed E-state index contributed by atoms with van der Waals surface area (Å²) in [5, 5.41) is 33.0. The summed E-state index contributed by atoms with van der Waals surface area (Å²) in [5.41, 5.74) is 6.46. The molecule has 0 spiro atoms. The number of ether oxygens (including phenoxy) is 3. The summed E-state index contributed by atoms with van der Waals surface area (Å²) in [4.78, 5) is 41.8. The molecule has 7 rings (SSSR count). The lowest BCUT2D eigenvalue weighted by Crippen LogP contribution is -2.41. The number of phenolic OH excluding ortho intramolecular Hbond substituents is 1. The molecule has 2 fully saturated rings. The van der Waals surface area contributed by atoms with Crippen molar-refractivity contribution in [3.63, 3.8) is 0 Å². The number of benzene rings is 5. The molecule has 58 heavy (non-hydrogen) atoms. The fourth-order valence-corrected chi connectivity index (χ4v) is 7.35. The van der Waals surface area contributed by atoms with E-state index in [1.165, 1.54) is 0 Å². The number of imide groups is 1. The van der Waals surface area contributed by atoms with Gasteiger partial charge in [-0.05, 0) is 70.3 Å². The van der Waals surface area contributed by atoms with E-state index in [1.807, 2.05) is 115 Å². The molecule has 5 aromatic carbocycles. The van der Waals surface area contributed by atoms with Gasteiger partial charge in [-0.25, -0.2) is 4.79 Å². The van der Waals surface area contributed by atoms with Gasteiger partial charge < -0.3 is 39.7 Å². The number of aliphatic hydroxyl groups excluding tert-OH is 2. The number of amides is 3. The Balaban J connectivity index is 1.03. The number of likely N-dealkylation sites (N-methyl/N-ethyl adjacent to an activating group) is 1. The molecule has 5 aromatic rings. The number of hydrogen-bond acceptors (Lipinski definition) is 10. The Morgan fingerprint density at radius 1 is 0.845 bits per heavy atom. The zero-order chi connectivity index (χ0) is 40.6. The number of aliphatic hydroxyl groups is 2. The minimum absolute atomic E-state index is 0.0450. The van der Waals surface area contributed by atoms with Crippen molar-refractivity contribution in [3.8, 4) is 16.9 Å². The van der Waals surface area contributed by atoms with Crippen LogP contribution < -0.4 is 5.32 Å². The van der Waals surface area contributed by atoms with Gasteiger partial charge in [-0.3, -0.25) is 14.5 Å². The minimum atomic E-state index is -1.01. The van der Waals surface area contributed by atoms with Gasteiger partial charge in [-0.15, -0.1) is 0 Å². The average Bonchev–Trinajstić information content (AvgIpc) is 3.50. The molecule has 1 unspecified atom stereocenters. The smallest absolute Gasteiger partial charge is 0.408 e. The number of phenols is 1. The van der Waals surface area contributed by atoms with Crippen LogP contribution in [0.25, 0.3) is 11.1 Å². The van der Waals surface area contributed by atoms with Gasteiger partial charge in [-0.2, -0.15) is 0 Å². The second kappa shape index (κ2) is 18.6. The van der Waals surface area contributed by atoms with E-state index in [0.29, 0.717) is 25.1 Å². The summed E-state index contributed by atoms with van der Waals surface area (Å²) in [5.74, 6) is -0.778. The molecule has 12 nitrogen and oxygen atoms in total. The Bertz CT molecular complexity index is 2200. The van der Waals surface area contributed by atoms with Gasteiger partial charge >= 0.3 is 6.09 Å². The van der Waals surface area contributed by atoms with Crippen LogP contribution in [0.15, 0.2) is 127 Å². The van der Waals surface area contributed by atoms with Gasteiger partial charge in [-0.1, -0.05) is 103 Å². The van der Waals surface area contributed by atoms with E-state index >= 15 is 0 Å². The van der Waals surface area contributed by atoms with Crippen molar-refractivity contribution >= 4 is 17.9 Å². The SMILES string of the molecule is CN(C[C@H]1C[C@@H](c2ccc(CO)cc2)O[C@@H](c2cccc(-c3cccc(CN4C(=O)CC(NC(=O)OCc5ccccc5)C4=O)c3)c2)O1)C[C@@H](O)c1cccc(O)c1. The highest BCUT2D eigenvalue weighted by Gasteiger charge is 2.40. The molecule has 2 aliphatic heterocycles. The minimum Gasteiger partial charge on any atom is -0.508 e. The quantitative estimate of drug-likeness (QED) is 0.0940. The summed E-state index contributed by atoms with van der Waals surface area (Å²) in [7, 11) is 1.92. The second-order valence-corrected chi connectivity index (χ2v) is 14.8. The highest BCUT2D eigenvalue weighted by Crippen LogP contribution is 2.39. The number of hydrogen-bond donors (Lipinski definition) is 4. The Labute approximate surface area is 337 Å². The van der Waals surface area contributed by atoms with Crippen molar-refractivity contribution in [2.24, 2.45) is 0 Å². The number of rotatable bonds is 14. The summed E-state index contributed by atoms with van der Waals surface area (Å²) >= 11 is 0. The van der Waals surface area contributed by atoms with Crippen LogP contribution in [0.4, 0.5) is 4.79 Å². The number of carbonyl (C=O) groups excluding carboxylic acids is 3. The number of nitrogens with zero attached hydrogens (tertiary/aromatic N) is 2. The number of alkyl carbamates (subject to hydrolysis) is 1. The van der Waals surface area contributed by atoms with Crippen molar-refractivity contribution in [2.45, 2.75) is 63.2 Å². The first-order chi connectivity index (χ1) is 28.1. The molecule has 0 aromatic heterocycles. The van der Waals surface area contributed by atoms with E-state index in [1.54, 1.807) is 24.3 Å². The summed E-state index contributed by atoms with van der Waals surface area (Å²) in [6.45, 7) is 0.854. The van der Waals surface area contributed by atoms with E-state index in [0.717, 1.165) is 43.8 Å². The third kappa shape index (κ3) is 10.2. The van der Waals surface area contributed by atoms with Crippen LogP contribution in [0.3, 0.4) is 0 Å². The van der Waals surface area contributed by atoms with Crippen molar-refractivity contribution in [1.82, 2.24) is 15.1 Å². The lowest BCUT2D eigenvalue weighted by molar-refractivity contribution is -0.252. The Morgan fingerprint density at radius 3 is 2.33 bits per heavy atom. The van der Waals surface area contributed by atoms with Gasteiger partial charge in [0.2, 0.25) is 5.91 Å². The molecule has 5 atom stereocenters. The van der Waals surface area contributed by atoms with Crippen molar-refractivity contribution < 1.29 is 43.9 Å². The molecule has 0 aliphatic carbocycles. The molecule has 2 saturated heterocycles. The molecule has 4 N–H and O–H groups in total. The number of carbonyl (C=O) groups is 3. The van der Waals surface area contributed by atoms with Crippen LogP contribution in [0, 0.1) is 0 Å². The number of likely N-dealkylation sites (tertiary alicyclic amines) is 1. The third-order valence-corrected chi connectivity index (χ3v) is 10.4. The molecule has 300 valence electrons. The molecule has 2 heterocycles. The number of aromatic hydroxyl groups is 1. The molecular formula is C46H47N3O9. The Kier molecular flexibility index (Phi) is 12.9. The maximum atomic E-state index is 13.3. The van der Waals surface area contributed by atoms with Crippen LogP contribution in [0.5, 0.6) is 5.75 Å². The van der Waals surface area contributed by atoms with Crippen LogP contribution in [0.1, 0.15) is 64.7 Å². The fraction of sp³-hybridized carbons (Fsp3) is 0.283. The molecular weight excluding hydrogens is 739 g/mol. The Morgan fingerprint density at radius 2 is 1.57 bits per heavy atom. The van der Waals surface area contributed by atoms with E-state index in [2.05, 4.69) is 5.32 Å². The first kappa shape index (κ1) is 40.3. The molecule has 0 radical (unpaired) electrons. The lowest BCUT2D eigenvalue weighted by Gasteiger charge is -2.38. The summed E-state index contributed by atoms with van der Waals surface area (Å²) < 4.78 is 18.5. The molecule has 2 aliphatic rings. The summed E-state index contributed by atoms with van der Waals surface area (Å²) in [6, 6.07) is 37.9. The lowest BCUT2D eigenvalue weighted by atomic mass is 9.98. The Hall–Kier alpha value is -5.89. The standard InChI is InChI=1S/C46H47N3O9/c1-48(27-41(52)36-13-7-15-38(51)22-36)26-39-23-42(33-18-16-30(28-50)17-19-33)58-45(57-39)37-14-6-12-35(21-37)34-11-5-10-32(20-34)25-49-43(53)24-40(44(49)54)47-46(55)56-29-31-8-3-2-4-9-31/h2-22,39-42,45,50-52H,23-29H2,1H3,(H,47,55)/t39-,40?,41-,42+,45+/m1/s1. The maximum absolute atomic E-state index is 13.3. The fourth-order valence-electron chi connectivity index (χ4n) is 7.35. The van der Waals surface area contributed by atoms with Gasteiger partial charge in [0, 0.05) is 25.1 Å². The van der Waals surface area contributed by atoms with Crippen molar-refractivity contribution in [3.05, 3.63) is 161 Å². The number of nitrogens with one attached hydrogen (secondary N) is 1. The largest absolute Gasteiger partial charge is 0.508 e. The first-order valence-corrected chi connectivity index (χ1v) is 19.3. The van der Waals surface area contributed by atoms with Gasteiger partial charge in [0.15, 0.2) is 6.29 Å². The summed E-state index contributed by atoms with van der Waals surface area (Å²) in [6.07, 6.45) is -2.47. The second-order valence-electron chi connectivity index (χ2n) is 14.8. The van der Waals surface area contributed by atoms with Crippen LogP contribution >= 0.6 is 0 Å². The predicted octanol–water partition coefficient (Wildman–Crippen LogP) is 6.32. The van der Waals surface area contributed by atoms with Crippen LogP contribution in [-0.2, 0) is 43.6 Å². The van der Waals surface area contributed by atoms with Crippen molar-refractivity contribution in [1.29, 1.82) is 0 Å². The normalized spacial score (nSPS) is 20.0. The zero-order valence-corrected chi connectivity index (χ0v) is 32.1. The monoisotopic (exact) mass is 785 g/mol. The van der Waals surface area contributed by atoms with E-state index < -0.39 is 30.4 Å². The van der Waals surface area contributed by atoms with Crippen LogP contribution in [-0.4, -0.2) is 75.3 Å².